The number of aromatic nitrogens is 3. The number of hydrogen-bond donors (Lipinski definition) is 0. The van der Waals surface area contributed by atoms with Gasteiger partial charge in [-0.1, -0.05) is 46.8 Å². The van der Waals surface area contributed by atoms with Crippen LogP contribution in [0.25, 0.3) is 0 Å². The summed E-state index contributed by atoms with van der Waals surface area (Å²) < 4.78 is 1.78. The number of aryl methyl sites for hydroxylation is 2. The topological polar surface area (TPSA) is 47.8 Å². The van der Waals surface area contributed by atoms with Crippen LogP contribution in [0.15, 0.2) is 6.20 Å². The summed E-state index contributed by atoms with van der Waals surface area (Å²) in [5.74, 6) is 0.263. The van der Waals surface area contributed by atoms with E-state index in [0.29, 0.717) is 18.4 Å². The fraction of sp³-hybridized carbons (Fsp3) is 0.800. The second-order valence-electron chi connectivity index (χ2n) is 7.46. The van der Waals surface area contributed by atoms with Gasteiger partial charge in [0.25, 0.3) is 0 Å². The summed E-state index contributed by atoms with van der Waals surface area (Å²) in [6, 6.07) is 0. The molecule has 0 N–H and O–H groups in total. The number of carbonyl (C=O) groups excluding carboxylic acids is 1. The monoisotopic (exact) mass is 265 g/mol. The quantitative estimate of drug-likeness (QED) is 0.821. The zero-order valence-electron chi connectivity index (χ0n) is 13.2. The maximum absolute atomic E-state index is 11.8. The van der Waals surface area contributed by atoms with Crippen molar-refractivity contribution in [3.05, 3.63) is 11.9 Å². The van der Waals surface area contributed by atoms with E-state index in [1.807, 2.05) is 27.0 Å². The van der Waals surface area contributed by atoms with E-state index < -0.39 is 0 Å². The summed E-state index contributed by atoms with van der Waals surface area (Å²) in [5.41, 5.74) is 1.06. The Morgan fingerprint density at radius 3 is 2.37 bits per heavy atom. The van der Waals surface area contributed by atoms with Crippen LogP contribution in [0.3, 0.4) is 0 Å². The van der Waals surface area contributed by atoms with Crippen molar-refractivity contribution in [2.24, 2.45) is 10.8 Å². The highest BCUT2D eigenvalue weighted by Crippen LogP contribution is 2.20. The molecule has 19 heavy (non-hydrogen) atoms. The maximum atomic E-state index is 11.8. The van der Waals surface area contributed by atoms with Crippen LogP contribution in [0.5, 0.6) is 0 Å². The van der Waals surface area contributed by atoms with Crippen LogP contribution in [0.1, 0.15) is 60.1 Å². The minimum atomic E-state index is -0.268. The fourth-order valence-corrected chi connectivity index (χ4v) is 1.66. The van der Waals surface area contributed by atoms with Crippen LogP contribution in [0.4, 0.5) is 0 Å². The third-order valence-electron chi connectivity index (χ3n) is 3.12. The fourth-order valence-electron chi connectivity index (χ4n) is 1.66. The molecule has 1 rings (SSSR count). The molecule has 0 aliphatic carbocycles. The van der Waals surface area contributed by atoms with E-state index in [2.05, 4.69) is 31.1 Å². The van der Waals surface area contributed by atoms with E-state index in [1.54, 1.807) is 4.68 Å². The summed E-state index contributed by atoms with van der Waals surface area (Å²) in [4.78, 5) is 11.8. The Morgan fingerprint density at radius 1 is 1.21 bits per heavy atom. The Balaban J connectivity index is 2.45. The number of nitrogens with zero attached hydrogens (tertiary/aromatic N) is 3. The van der Waals surface area contributed by atoms with Crippen molar-refractivity contribution in [1.82, 2.24) is 15.0 Å². The van der Waals surface area contributed by atoms with Gasteiger partial charge in [-0.2, -0.15) is 0 Å². The Morgan fingerprint density at radius 2 is 1.84 bits per heavy atom. The average Bonchev–Trinajstić information content (AvgIpc) is 2.68. The second-order valence-corrected chi connectivity index (χ2v) is 7.46. The second kappa shape index (κ2) is 5.85. The first-order valence-corrected chi connectivity index (χ1v) is 7.00. The first-order chi connectivity index (χ1) is 8.58. The van der Waals surface area contributed by atoms with Crippen molar-refractivity contribution in [3.63, 3.8) is 0 Å². The van der Waals surface area contributed by atoms with Crippen molar-refractivity contribution < 1.29 is 4.79 Å². The highest BCUT2D eigenvalue weighted by molar-refractivity contribution is 5.83. The van der Waals surface area contributed by atoms with E-state index in [9.17, 15) is 4.79 Å². The van der Waals surface area contributed by atoms with Crippen LogP contribution in [0, 0.1) is 10.8 Å². The van der Waals surface area contributed by atoms with Crippen LogP contribution in [0.2, 0.25) is 0 Å². The molecule has 0 aliphatic heterocycles. The summed E-state index contributed by atoms with van der Waals surface area (Å²) >= 11 is 0. The largest absolute Gasteiger partial charge is 0.299 e. The van der Waals surface area contributed by atoms with Gasteiger partial charge in [0.15, 0.2) is 0 Å². The standard InChI is InChI=1S/C15H27N3O/c1-14(2,3)9-7-12-11-18(17-16-12)10-8-13(19)15(4,5)6/h11H,7-10H2,1-6H3. The molecule has 1 aromatic rings. The normalized spacial score (nSPS) is 12.7. The van der Waals surface area contributed by atoms with Gasteiger partial charge >= 0.3 is 0 Å². The molecular weight excluding hydrogens is 238 g/mol. The van der Waals surface area contributed by atoms with Gasteiger partial charge in [-0.25, -0.2) is 0 Å². The highest BCUT2D eigenvalue weighted by Gasteiger charge is 2.20. The first-order valence-electron chi connectivity index (χ1n) is 7.00. The van der Waals surface area contributed by atoms with Crippen molar-refractivity contribution >= 4 is 5.78 Å². The lowest BCUT2D eigenvalue weighted by Gasteiger charge is -2.16. The van der Waals surface area contributed by atoms with Crippen LogP contribution in [-0.2, 0) is 17.8 Å². The van der Waals surface area contributed by atoms with Gasteiger partial charge in [-0.05, 0) is 18.3 Å². The van der Waals surface area contributed by atoms with Gasteiger partial charge in [0.1, 0.15) is 5.78 Å². The molecule has 0 saturated carbocycles. The van der Waals surface area contributed by atoms with Crippen LogP contribution < -0.4 is 0 Å². The Hall–Kier alpha value is -1.19. The lowest BCUT2D eigenvalue weighted by Crippen LogP contribution is -2.21. The lowest BCUT2D eigenvalue weighted by molar-refractivity contribution is -0.126. The lowest BCUT2D eigenvalue weighted by atomic mass is 9.89. The molecular formula is C15H27N3O. The van der Waals surface area contributed by atoms with Gasteiger partial charge in [-0.3, -0.25) is 9.48 Å². The summed E-state index contributed by atoms with van der Waals surface area (Å²) in [7, 11) is 0. The molecule has 0 atom stereocenters. The van der Waals surface area contributed by atoms with Crippen molar-refractivity contribution in [2.45, 2.75) is 67.3 Å². The first kappa shape index (κ1) is 15.9. The zero-order valence-corrected chi connectivity index (χ0v) is 13.2. The average molecular weight is 265 g/mol. The number of carbonyl (C=O) groups is 1. The molecule has 0 bridgehead atoms. The predicted octanol–water partition coefficient (Wildman–Crippen LogP) is 3.26. The van der Waals surface area contributed by atoms with E-state index in [4.69, 9.17) is 0 Å². The summed E-state index contributed by atoms with van der Waals surface area (Å²) in [6.45, 7) is 13.1. The molecule has 108 valence electrons. The molecule has 0 radical (unpaired) electrons. The zero-order chi connectivity index (χ0) is 14.7. The molecule has 1 heterocycles. The molecule has 4 heteroatoms. The van der Waals surface area contributed by atoms with Gasteiger partial charge in [0.05, 0.1) is 5.69 Å². The predicted molar refractivity (Wildman–Crippen MR) is 76.9 cm³/mol. The Kier molecular flexibility index (Phi) is 4.88. The van der Waals surface area contributed by atoms with E-state index in [1.165, 1.54) is 0 Å². The van der Waals surface area contributed by atoms with E-state index >= 15 is 0 Å². The summed E-state index contributed by atoms with van der Waals surface area (Å²) in [5, 5.41) is 8.25. The number of ketones is 1. The van der Waals surface area contributed by atoms with E-state index in [-0.39, 0.29) is 11.2 Å². The van der Waals surface area contributed by atoms with Crippen molar-refractivity contribution in [3.8, 4) is 0 Å². The van der Waals surface area contributed by atoms with Gasteiger partial charge in [-0.15, -0.1) is 5.10 Å². The molecule has 0 unspecified atom stereocenters. The molecule has 1 aromatic heterocycles. The van der Waals surface area contributed by atoms with E-state index in [0.717, 1.165) is 18.5 Å². The minimum Gasteiger partial charge on any atom is -0.299 e. The van der Waals surface area contributed by atoms with Crippen LogP contribution >= 0.6 is 0 Å². The molecule has 0 aromatic carbocycles. The molecule has 4 nitrogen and oxygen atoms in total. The highest BCUT2D eigenvalue weighted by atomic mass is 16.1. The molecule has 0 amide bonds. The smallest absolute Gasteiger partial charge is 0.140 e. The van der Waals surface area contributed by atoms with Gasteiger partial charge in [0.2, 0.25) is 0 Å². The van der Waals surface area contributed by atoms with Crippen molar-refractivity contribution in [1.29, 1.82) is 0 Å². The Bertz CT molecular complexity index is 421. The molecule has 0 aliphatic rings. The van der Waals surface area contributed by atoms with Gasteiger partial charge < -0.3 is 0 Å². The summed E-state index contributed by atoms with van der Waals surface area (Å²) in [6.07, 6.45) is 4.51. The van der Waals surface area contributed by atoms with Crippen molar-refractivity contribution in [2.75, 3.05) is 0 Å². The minimum absolute atomic E-state index is 0.263. The molecule has 0 saturated heterocycles. The Labute approximate surface area is 116 Å². The van der Waals surface area contributed by atoms with Crippen LogP contribution in [-0.4, -0.2) is 20.8 Å². The maximum Gasteiger partial charge on any atom is 0.140 e. The molecule has 0 fully saturated rings. The third-order valence-corrected chi connectivity index (χ3v) is 3.12. The number of rotatable bonds is 5. The SMILES string of the molecule is CC(C)(C)CCc1cn(CCC(=O)C(C)(C)C)nn1. The number of Topliss-reactive ketones (excluding diaryl/α,β-unsaturated/α-hetero) is 1. The third kappa shape index (κ3) is 5.99. The van der Waals surface area contributed by atoms with Gasteiger partial charge in [0, 0.05) is 24.6 Å². The number of hydrogen-bond acceptors (Lipinski definition) is 3. The molecule has 0 spiro atoms.